The average Bonchev–Trinajstić information content (AvgIpc) is 2.70. The fourth-order valence-corrected chi connectivity index (χ4v) is 3.84. The zero-order valence-electron chi connectivity index (χ0n) is 18.6. The predicted octanol–water partition coefficient (Wildman–Crippen LogP) is 8.35. The zero-order chi connectivity index (χ0) is 19.4. The Morgan fingerprint density at radius 3 is 2.04 bits per heavy atom. The molecule has 27 heavy (non-hydrogen) atoms. The molecular weight excluding hydrogens is 332 g/mol. The van der Waals surface area contributed by atoms with Gasteiger partial charge in [0.15, 0.2) is 6.29 Å². The van der Waals surface area contributed by atoms with Crippen molar-refractivity contribution in [1.29, 1.82) is 0 Å². The lowest BCUT2D eigenvalue weighted by Crippen LogP contribution is -2.27. The molecule has 2 atom stereocenters. The highest BCUT2D eigenvalue weighted by Crippen LogP contribution is 2.20. The third-order valence-electron chi connectivity index (χ3n) is 5.73. The maximum absolute atomic E-state index is 6.13. The van der Waals surface area contributed by atoms with Crippen LogP contribution >= 0.6 is 0 Å². The van der Waals surface area contributed by atoms with Gasteiger partial charge in [-0.15, -0.1) is 0 Å². The molecule has 1 aliphatic rings. The van der Waals surface area contributed by atoms with Gasteiger partial charge in [0, 0.05) is 6.61 Å². The van der Waals surface area contributed by atoms with Crippen LogP contribution in [0.25, 0.3) is 0 Å². The smallest absolute Gasteiger partial charge is 0.157 e. The third-order valence-corrected chi connectivity index (χ3v) is 5.73. The Bertz CT molecular complexity index is 320. The van der Waals surface area contributed by atoms with Gasteiger partial charge in [-0.2, -0.15) is 0 Å². The second kappa shape index (κ2) is 19.0. The highest BCUT2D eigenvalue weighted by atomic mass is 16.7. The van der Waals surface area contributed by atoms with E-state index in [1.165, 1.54) is 103 Å². The molecule has 1 saturated heterocycles. The number of rotatable bonds is 18. The van der Waals surface area contributed by atoms with E-state index in [2.05, 4.69) is 26.0 Å². The maximum Gasteiger partial charge on any atom is 0.157 e. The first kappa shape index (κ1) is 24.7. The number of hydrogen-bond acceptors (Lipinski definition) is 2. The van der Waals surface area contributed by atoms with Crippen LogP contribution in [0.2, 0.25) is 0 Å². The van der Waals surface area contributed by atoms with E-state index in [4.69, 9.17) is 9.47 Å². The molecule has 0 saturated carbocycles. The van der Waals surface area contributed by atoms with E-state index in [-0.39, 0.29) is 6.29 Å². The molecule has 2 nitrogen and oxygen atoms in total. The Morgan fingerprint density at radius 1 is 0.815 bits per heavy atom. The van der Waals surface area contributed by atoms with Crippen molar-refractivity contribution in [3.05, 3.63) is 12.2 Å². The number of hydrogen-bond donors (Lipinski definition) is 0. The van der Waals surface area contributed by atoms with Gasteiger partial charge in [0.1, 0.15) is 0 Å². The fraction of sp³-hybridized carbons (Fsp3) is 0.920. The summed E-state index contributed by atoms with van der Waals surface area (Å²) in [5.74, 6) is 0. The Kier molecular flexibility index (Phi) is 17.4. The van der Waals surface area contributed by atoms with Gasteiger partial charge < -0.3 is 9.47 Å². The van der Waals surface area contributed by atoms with Gasteiger partial charge in [-0.25, -0.2) is 0 Å². The Labute approximate surface area is 170 Å². The molecule has 0 aromatic carbocycles. The van der Waals surface area contributed by atoms with Gasteiger partial charge in [0.2, 0.25) is 0 Å². The summed E-state index contributed by atoms with van der Waals surface area (Å²) in [6, 6.07) is 0. The highest BCUT2D eigenvalue weighted by Gasteiger charge is 2.18. The minimum atomic E-state index is 0.0758. The van der Waals surface area contributed by atoms with Crippen LogP contribution in [-0.4, -0.2) is 19.0 Å². The van der Waals surface area contributed by atoms with Crippen LogP contribution in [-0.2, 0) is 9.47 Å². The third kappa shape index (κ3) is 15.3. The molecule has 1 unspecified atom stereocenters. The minimum absolute atomic E-state index is 0.0758. The second-order valence-corrected chi connectivity index (χ2v) is 8.34. The van der Waals surface area contributed by atoms with Gasteiger partial charge in [-0.05, 0) is 57.8 Å². The lowest BCUT2D eigenvalue weighted by atomic mass is 10.0. The molecule has 2 heteroatoms. The van der Waals surface area contributed by atoms with E-state index in [1.807, 2.05) is 0 Å². The van der Waals surface area contributed by atoms with E-state index in [0.29, 0.717) is 6.10 Å². The molecule has 0 N–H and O–H groups in total. The molecule has 0 aromatic heterocycles. The maximum atomic E-state index is 6.13. The largest absolute Gasteiger partial charge is 0.353 e. The average molecular weight is 381 g/mol. The van der Waals surface area contributed by atoms with E-state index in [0.717, 1.165) is 19.4 Å². The molecule has 0 aromatic rings. The van der Waals surface area contributed by atoms with Crippen LogP contribution in [0.15, 0.2) is 12.2 Å². The first-order valence-electron chi connectivity index (χ1n) is 12.3. The van der Waals surface area contributed by atoms with Crippen molar-refractivity contribution in [2.75, 3.05) is 6.61 Å². The molecule has 1 fully saturated rings. The molecule has 0 radical (unpaired) electrons. The Morgan fingerprint density at radius 2 is 1.44 bits per heavy atom. The first-order chi connectivity index (χ1) is 13.4. The van der Waals surface area contributed by atoms with E-state index in [9.17, 15) is 0 Å². The van der Waals surface area contributed by atoms with Gasteiger partial charge in [0.25, 0.3) is 0 Å². The van der Waals surface area contributed by atoms with Crippen LogP contribution in [0, 0.1) is 0 Å². The topological polar surface area (TPSA) is 18.5 Å². The monoisotopic (exact) mass is 380 g/mol. The summed E-state index contributed by atoms with van der Waals surface area (Å²) >= 11 is 0. The molecule has 1 rings (SSSR count). The van der Waals surface area contributed by atoms with Crippen LogP contribution in [0.4, 0.5) is 0 Å². The van der Waals surface area contributed by atoms with Crippen molar-refractivity contribution < 1.29 is 9.47 Å². The molecule has 0 spiro atoms. The Balaban J connectivity index is 1.84. The van der Waals surface area contributed by atoms with E-state index in [1.54, 1.807) is 0 Å². The van der Waals surface area contributed by atoms with Crippen molar-refractivity contribution in [3.8, 4) is 0 Å². The van der Waals surface area contributed by atoms with E-state index < -0.39 is 0 Å². The van der Waals surface area contributed by atoms with Gasteiger partial charge >= 0.3 is 0 Å². The minimum Gasteiger partial charge on any atom is -0.353 e. The summed E-state index contributed by atoms with van der Waals surface area (Å²) in [4.78, 5) is 0. The normalized spacial score (nSPS) is 19.0. The second-order valence-electron chi connectivity index (χ2n) is 8.34. The summed E-state index contributed by atoms with van der Waals surface area (Å²) in [7, 11) is 0. The standard InChI is InChI=1S/C25H48O2/c1-3-5-6-7-8-9-10-11-12-13-14-15-16-17-18-21-24(4-2)27-25-22-19-20-23-26-25/h11-12,24-25H,3-10,13-23H2,1-2H3/t24-,25?/m1/s1. The van der Waals surface area contributed by atoms with Crippen LogP contribution in [0.1, 0.15) is 129 Å². The molecule has 0 bridgehead atoms. The number of unbranched alkanes of at least 4 members (excludes halogenated alkanes) is 11. The van der Waals surface area contributed by atoms with Crippen molar-refractivity contribution in [2.24, 2.45) is 0 Å². The van der Waals surface area contributed by atoms with Crippen molar-refractivity contribution >= 4 is 0 Å². The SMILES string of the molecule is CCCCCCCCC=CCCCCCCC[C@@H](CC)OC1CCCCO1. The predicted molar refractivity (Wildman–Crippen MR) is 118 cm³/mol. The van der Waals surface area contributed by atoms with Crippen LogP contribution < -0.4 is 0 Å². The van der Waals surface area contributed by atoms with Gasteiger partial charge in [-0.3, -0.25) is 0 Å². The van der Waals surface area contributed by atoms with Crippen molar-refractivity contribution in [3.63, 3.8) is 0 Å². The number of ether oxygens (including phenoxy) is 2. The van der Waals surface area contributed by atoms with Crippen LogP contribution in [0.5, 0.6) is 0 Å². The van der Waals surface area contributed by atoms with Gasteiger partial charge in [0.05, 0.1) is 6.10 Å². The molecule has 1 heterocycles. The quantitative estimate of drug-likeness (QED) is 0.176. The summed E-state index contributed by atoms with van der Waals surface area (Å²) in [5, 5.41) is 0. The fourth-order valence-electron chi connectivity index (χ4n) is 3.84. The summed E-state index contributed by atoms with van der Waals surface area (Å²) < 4.78 is 11.8. The molecule has 0 amide bonds. The van der Waals surface area contributed by atoms with Crippen LogP contribution in [0.3, 0.4) is 0 Å². The molecule has 160 valence electrons. The van der Waals surface area contributed by atoms with Gasteiger partial charge in [-0.1, -0.05) is 83.8 Å². The van der Waals surface area contributed by atoms with E-state index >= 15 is 0 Å². The summed E-state index contributed by atoms with van der Waals surface area (Å²) in [6.45, 7) is 5.41. The Hall–Kier alpha value is -0.340. The molecular formula is C25H48O2. The summed E-state index contributed by atoms with van der Waals surface area (Å²) in [6.07, 6.45) is 28.9. The summed E-state index contributed by atoms with van der Waals surface area (Å²) in [5.41, 5.74) is 0. The molecule has 1 aliphatic heterocycles. The van der Waals surface area contributed by atoms with Crippen molar-refractivity contribution in [1.82, 2.24) is 0 Å². The lowest BCUT2D eigenvalue weighted by Gasteiger charge is -2.27. The van der Waals surface area contributed by atoms with Crippen molar-refractivity contribution in [2.45, 2.75) is 142 Å². The number of allylic oxidation sites excluding steroid dienone is 2. The molecule has 0 aliphatic carbocycles. The highest BCUT2D eigenvalue weighted by molar-refractivity contribution is 4.81. The lowest BCUT2D eigenvalue weighted by molar-refractivity contribution is -0.189. The zero-order valence-corrected chi connectivity index (χ0v) is 18.6. The first-order valence-corrected chi connectivity index (χ1v) is 12.3.